The maximum absolute atomic E-state index is 12.4. The largest absolute Gasteiger partial charge is 0.322 e. The van der Waals surface area contributed by atoms with Gasteiger partial charge in [-0.15, -0.1) is 0 Å². The van der Waals surface area contributed by atoms with Crippen LogP contribution in [0.2, 0.25) is 0 Å². The van der Waals surface area contributed by atoms with Crippen LogP contribution in [0.15, 0.2) is 77.7 Å². The number of anilines is 2. The van der Waals surface area contributed by atoms with Crippen LogP contribution in [-0.4, -0.2) is 14.3 Å². The molecule has 3 aromatic rings. The smallest absolute Gasteiger partial charge is 0.261 e. The lowest BCUT2D eigenvalue weighted by Gasteiger charge is -2.10. The Morgan fingerprint density at radius 1 is 0.852 bits per heavy atom. The van der Waals surface area contributed by atoms with Gasteiger partial charge >= 0.3 is 0 Å². The highest BCUT2D eigenvalue weighted by atomic mass is 32.2. The molecule has 0 saturated carbocycles. The molecule has 0 fully saturated rings. The number of hydrogen-bond acceptors (Lipinski definition) is 3. The van der Waals surface area contributed by atoms with E-state index < -0.39 is 10.0 Å². The fraction of sp³-hybridized carbons (Fsp3) is 0.0952. The molecule has 27 heavy (non-hydrogen) atoms. The number of nitrogens with one attached hydrogen (secondary N) is 2. The van der Waals surface area contributed by atoms with Crippen LogP contribution >= 0.6 is 0 Å². The first-order valence-corrected chi connectivity index (χ1v) is 9.90. The minimum Gasteiger partial charge on any atom is -0.322 e. The number of rotatable bonds is 5. The molecule has 3 rings (SSSR count). The fourth-order valence-electron chi connectivity index (χ4n) is 2.65. The summed E-state index contributed by atoms with van der Waals surface area (Å²) in [5.74, 6) is -0.290. The predicted molar refractivity (Wildman–Crippen MR) is 108 cm³/mol. The van der Waals surface area contributed by atoms with Crippen molar-refractivity contribution in [1.82, 2.24) is 0 Å². The number of benzene rings is 3. The van der Waals surface area contributed by atoms with E-state index in [4.69, 9.17) is 0 Å². The summed E-state index contributed by atoms with van der Waals surface area (Å²) in [5.41, 5.74) is 3.68. The lowest BCUT2D eigenvalue weighted by molar-refractivity contribution is 0.102. The third-order valence-corrected chi connectivity index (χ3v) is 5.48. The van der Waals surface area contributed by atoms with Crippen molar-refractivity contribution in [2.24, 2.45) is 0 Å². The standard InChI is InChI=1S/C21H20N2O3S/c1-15-8-13-20(16(2)14-15)22-21(24)17-9-11-19(12-10-17)27(25,26)23-18-6-4-3-5-7-18/h3-14,23H,1-2H3,(H,22,24). The molecule has 0 atom stereocenters. The fourth-order valence-corrected chi connectivity index (χ4v) is 3.71. The van der Waals surface area contributed by atoms with Crippen molar-refractivity contribution in [3.05, 3.63) is 89.5 Å². The second-order valence-electron chi connectivity index (χ2n) is 6.27. The first-order valence-electron chi connectivity index (χ1n) is 8.42. The molecule has 6 heteroatoms. The Kier molecular flexibility index (Phi) is 5.28. The van der Waals surface area contributed by atoms with Crippen LogP contribution < -0.4 is 10.0 Å². The average Bonchev–Trinajstić information content (AvgIpc) is 2.64. The molecule has 5 nitrogen and oxygen atoms in total. The molecule has 0 aliphatic rings. The molecule has 1 amide bonds. The lowest BCUT2D eigenvalue weighted by atomic mass is 10.1. The summed E-state index contributed by atoms with van der Waals surface area (Å²) in [6.45, 7) is 3.91. The second-order valence-corrected chi connectivity index (χ2v) is 7.95. The second kappa shape index (κ2) is 7.63. The van der Waals surface area contributed by atoms with Crippen molar-refractivity contribution in [2.45, 2.75) is 18.7 Å². The summed E-state index contributed by atoms with van der Waals surface area (Å²) >= 11 is 0. The summed E-state index contributed by atoms with van der Waals surface area (Å²) < 4.78 is 27.4. The molecule has 3 aromatic carbocycles. The third-order valence-electron chi connectivity index (χ3n) is 4.08. The molecular weight excluding hydrogens is 360 g/mol. The number of carbonyl (C=O) groups excluding carboxylic acids is 1. The van der Waals surface area contributed by atoms with Crippen molar-refractivity contribution in [1.29, 1.82) is 0 Å². The normalized spacial score (nSPS) is 11.0. The molecule has 2 N–H and O–H groups in total. The van der Waals surface area contributed by atoms with Crippen LogP contribution in [0.1, 0.15) is 21.5 Å². The number of sulfonamides is 1. The van der Waals surface area contributed by atoms with E-state index in [1.165, 1.54) is 24.3 Å². The average molecular weight is 380 g/mol. The molecule has 0 radical (unpaired) electrons. The summed E-state index contributed by atoms with van der Waals surface area (Å²) in [4.78, 5) is 12.5. The number of hydrogen-bond donors (Lipinski definition) is 2. The monoisotopic (exact) mass is 380 g/mol. The molecule has 0 bridgehead atoms. The molecule has 0 heterocycles. The zero-order valence-corrected chi connectivity index (χ0v) is 15.9. The first-order chi connectivity index (χ1) is 12.8. The van der Waals surface area contributed by atoms with Crippen LogP contribution in [0.5, 0.6) is 0 Å². The van der Waals surface area contributed by atoms with Crippen molar-refractivity contribution in [2.75, 3.05) is 10.0 Å². The van der Waals surface area contributed by atoms with Gasteiger partial charge in [-0.3, -0.25) is 9.52 Å². The van der Waals surface area contributed by atoms with Crippen molar-refractivity contribution in [3.63, 3.8) is 0 Å². The van der Waals surface area contributed by atoms with E-state index in [0.29, 0.717) is 11.3 Å². The minimum absolute atomic E-state index is 0.0921. The van der Waals surface area contributed by atoms with Gasteiger partial charge in [-0.1, -0.05) is 35.9 Å². The molecule has 0 spiro atoms. The van der Waals surface area contributed by atoms with E-state index in [1.54, 1.807) is 30.3 Å². The van der Waals surface area contributed by atoms with Crippen molar-refractivity contribution >= 4 is 27.3 Å². The van der Waals surface area contributed by atoms with E-state index in [9.17, 15) is 13.2 Å². The quantitative estimate of drug-likeness (QED) is 0.691. The van der Waals surface area contributed by atoms with E-state index in [1.807, 2.05) is 32.0 Å². The van der Waals surface area contributed by atoms with Gasteiger partial charge < -0.3 is 5.32 Å². The molecule has 0 saturated heterocycles. The summed E-state index contributed by atoms with van der Waals surface area (Å²) in [6.07, 6.45) is 0. The highest BCUT2D eigenvalue weighted by Crippen LogP contribution is 2.19. The zero-order chi connectivity index (χ0) is 19.4. The molecule has 0 aliphatic heterocycles. The zero-order valence-electron chi connectivity index (χ0n) is 15.1. The highest BCUT2D eigenvalue weighted by molar-refractivity contribution is 7.92. The topological polar surface area (TPSA) is 75.3 Å². The van der Waals surface area contributed by atoms with Crippen LogP contribution in [0.4, 0.5) is 11.4 Å². The molecule has 0 aliphatic carbocycles. The predicted octanol–water partition coefficient (Wildman–Crippen LogP) is 4.36. The van der Waals surface area contributed by atoms with E-state index in [-0.39, 0.29) is 10.8 Å². The third kappa shape index (κ3) is 4.54. The van der Waals surface area contributed by atoms with Gasteiger partial charge in [0.05, 0.1) is 4.90 Å². The van der Waals surface area contributed by atoms with E-state index in [2.05, 4.69) is 10.0 Å². The number of amides is 1. The summed E-state index contributed by atoms with van der Waals surface area (Å²) in [7, 11) is -3.71. The lowest BCUT2D eigenvalue weighted by Crippen LogP contribution is -2.15. The van der Waals surface area contributed by atoms with Crippen molar-refractivity contribution < 1.29 is 13.2 Å². The minimum atomic E-state index is -3.71. The Labute approximate surface area is 159 Å². The Bertz CT molecular complexity index is 1060. The Morgan fingerprint density at radius 3 is 2.15 bits per heavy atom. The first kappa shape index (κ1) is 18.7. The molecule has 0 aromatic heterocycles. The van der Waals surface area contributed by atoms with Crippen LogP contribution in [-0.2, 0) is 10.0 Å². The van der Waals surface area contributed by atoms with Gasteiger partial charge in [0, 0.05) is 16.9 Å². The van der Waals surface area contributed by atoms with Gasteiger partial charge in [-0.25, -0.2) is 8.42 Å². The number of carbonyl (C=O) groups is 1. The van der Waals surface area contributed by atoms with Crippen molar-refractivity contribution in [3.8, 4) is 0 Å². The molecule has 138 valence electrons. The Balaban J connectivity index is 1.75. The van der Waals surface area contributed by atoms with E-state index in [0.717, 1.165) is 16.8 Å². The van der Waals surface area contributed by atoms with Gasteiger partial charge in [-0.05, 0) is 61.9 Å². The van der Waals surface area contributed by atoms with Crippen LogP contribution in [0.25, 0.3) is 0 Å². The SMILES string of the molecule is Cc1ccc(NC(=O)c2ccc(S(=O)(=O)Nc3ccccc3)cc2)c(C)c1. The van der Waals surface area contributed by atoms with Crippen LogP contribution in [0, 0.1) is 13.8 Å². The maximum Gasteiger partial charge on any atom is 0.261 e. The van der Waals surface area contributed by atoms with Gasteiger partial charge in [0.15, 0.2) is 0 Å². The Morgan fingerprint density at radius 2 is 1.52 bits per heavy atom. The number of para-hydroxylation sites is 1. The Hall–Kier alpha value is -3.12. The van der Waals surface area contributed by atoms with Gasteiger partial charge in [0.1, 0.15) is 0 Å². The summed E-state index contributed by atoms with van der Waals surface area (Å²) in [6, 6.07) is 20.2. The van der Waals surface area contributed by atoms with Gasteiger partial charge in [-0.2, -0.15) is 0 Å². The maximum atomic E-state index is 12.4. The molecule has 0 unspecified atom stereocenters. The van der Waals surface area contributed by atoms with Gasteiger partial charge in [0.25, 0.3) is 15.9 Å². The van der Waals surface area contributed by atoms with Gasteiger partial charge in [0.2, 0.25) is 0 Å². The van der Waals surface area contributed by atoms with E-state index >= 15 is 0 Å². The molecular formula is C21H20N2O3S. The highest BCUT2D eigenvalue weighted by Gasteiger charge is 2.15. The summed E-state index contributed by atoms with van der Waals surface area (Å²) in [5, 5.41) is 2.85. The number of aryl methyl sites for hydroxylation is 2. The van der Waals surface area contributed by atoms with Crippen LogP contribution in [0.3, 0.4) is 0 Å².